The number of aromatic nitrogens is 1. The zero-order chi connectivity index (χ0) is 21.6. The number of benzene rings is 3. The van der Waals surface area contributed by atoms with Crippen LogP contribution in [0.3, 0.4) is 0 Å². The van der Waals surface area contributed by atoms with Crippen LogP contribution in [0.5, 0.6) is 5.75 Å². The molecule has 3 aromatic carbocycles. The molecule has 31 heavy (non-hydrogen) atoms. The van der Waals surface area contributed by atoms with Gasteiger partial charge in [-0.1, -0.05) is 81.9 Å². The van der Waals surface area contributed by atoms with E-state index in [1.54, 1.807) is 7.11 Å². The second kappa shape index (κ2) is 9.76. The molecule has 0 radical (unpaired) electrons. The summed E-state index contributed by atoms with van der Waals surface area (Å²) in [7, 11) is 1.62. The Balaban J connectivity index is 1.62. The van der Waals surface area contributed by atoms with Crippen LogP contribution in [0.25, 0.3) is 11.3 Å². The SMILES string of the molecule is COc1ccccc1Nc1nc(-c2ccccc2)c(C(=O)NCc2ccc(Br)cc2)s1. The number of anilines is 2. The number of carbonyl (C=O) groups is 1. The van der Waals surface area contributed by atoms with Crippen LogP contribution in [-0.4, -0.2) is 18.0 Å². The molecule has 0 aliphatic carbocycles. The van der Waals surface area contributed by atoms with E-state index in [1.165, 1.54) is 11.3 Å². The maximum Gasteiger partial charge on any atom is 0.264 e. The zero-order valence-corrected chi connectivity index (χ0v) is 19.2. The summed E-state index contributed by atoms with van der Waals surface area (Å²) in [6, 6.07) is 25.2. The fraction of sp³-hybridized carbons (Fsp3) is 0.0833. The Hall–Kier alpha value is -3.16. The highest BCUT2D eigenvalue weighted by atomic mass is 79.9. The fourth-order valence-corrected chi connectivity index (χ4v) is 4.23. The van der Waals surface area contributed by atoms with E-state index in [-0.39, 0.29) is 5.91 Å². The number of ether oxygens (including phenoxy) is 1. The van der Waals surface area contributed by atoms with Gasteiger partial charge in [0.15, 0.2) is 5.13 Å². The largest absolute Gasteiger partial charge is 0.495 e. The monoisotopic (exact) mass is 493 g/mol. The standard InChI is InChI=1S/C24H20BrN3O2S/c1-30-20-10-6-5-9-19(20)27-24-28-21(17-7-3-2-4-8-17)22(31-24)23(29)26-15-16-11-13-18(25)14-12-16/h2-14H,15H2,1H3,(H,26,29)(H,27,28). The third kappa shape index (κ3) is 5.13. The lowest BCUT2D eigenvalue weighted by atomic mass is 10.1. The zero-order valence-electron chi connectivity index (χ0n) is 16.8. The number of hydrogen-bond donors (Lipinski definition) is 2. The highest BCUT2D eigenvalue weighted by Gasteiger charge is 2.20. The van der Waals surface area contributed by atoms with Crippen LogP contribution in [0.2, 0.25) is 0 Å². The number of thiazole rings is 1. The molecule has 0 aliphatic heterocycles. The first-order valence-electron chi connectivity index (χ1n) is 9.63. The van der Waals surface area contributed by atoms with E-state index in [1.807, 2.05) is 78.9 Å². The number of para-hydroxylation sites is 2. The van der Waals surface area contributed by atoms with E-state index in [4.69, 9.17) is 9.72 Å². The molecule has 1 aromatic heterocycles. The molecule has 0 saturated carbocycles. The second-order valence-electron chi connectivity index (χ2n) is 6.70. The van der Waals surface area contributed by atoms with Gasteiger partial charge < -0.3 is 15.4 Å². The molecule has 0 aliphatic rings. The van der Waals surface area contributed by atoms with Crippen molar-refractivity contribution in [2.75, 3.05) is 12.4 Å². The maximum atomic E-state index is 13.1. The van der Waals surface area contributed by atoms with Gasteiger partial charge >= 0.3 is 0 Å². The Morgan fingerprint density at radius 2 is 1.71 bits per heavy atom. The van der Waals surface area contributed by atoms with Crippen LogP contribution < -0.4 is 15.4 Å². The predicted octanol–water partition coefficient (Wildman–Crippen LogP) is 6.25. The molecule has 4 aromatic rings. The second-order valence-corrected chi connectivity index (χ2v) is 8.61. The quantitative estimate of drug-likeness (QED) is 0.319. The molecule has 0 spiro atoms. The van der Waals surface area contributed by atoms with E-state index in [0.29, 0.717) is 28.0 Å². The lowest BCUT2D eigenvalue weighted by Crippen LogP contribution is -2.22. The number of carbonyl (C=O) groups excluding carboxylic acids is 1. The van der Waals surface area contributed by atoms with Crippen LogP contribution in [0, 0.1) is 0 Å². The number of amides is 1. The normalized spacial score (nSPS) is 10.5. The molecule has 5 nitrogen and oxygen atoms in total. The summed E-state index contributed by atoms with van der Waals surface area (Å²) in [5.41, 5.74) is 3.35. The smallest absolute Gasteiger partial charge is 0.264 e. The molecule has 1 heterocycles. The van der Waals surface area contributed by atoms with E-state index in [9.17, 15) is 4.79 Å². The summed E-state index contributed by atoms with van der Waals surface area (Å²) >= 11 is 4.74. The minimum absolute atomic E-state index is 0.160. The third-order valence-electron chi connectivity index (χ3n) is 4.60. The van der Waals surface area contributed by atoms with E-state index in [0.717, 1.165) is 21.3 Å². The van der Waals surface area contributed by atoms with Gasteiger partial charge in [-0.2, -0.15) is 0 Å². The Bertz CT molecular complexity index is 1180. The van der Waals surface area contributed by atoms with Crippen LogP contribution in [0.4, 0.5) is 10.8 Å². The predicted molar refractivity (Wildman–Crippen MR) is 129 cm³/mol. The number of halogens is 1. The molecular weight excluding hydrogens is 474 g/mol. The third-order valence-corrected chi connectivity index (χ3v) is 6.09. The van der Waals surface area contributed by atoms with Gasteiger partial charge in [0.25, 0.3) is 5.91 Å². The molecular formula is C24H20BrN3O2S. The minimum Gasteiger partial charge on any atom is -0.495 e. The van der Waals surface area contributed by atoms with Gasteiger partial charge in [0, 0.05) is 16.6 Å². The summed E-state index contributed by atoms with van der Waals surface area (Å²) in [4.78, 5) is 18.3. The topological polar surface area (TPSA) is 63.2 Å². The molecule has 156 valence electrons. The minimum atomic E-state index is -0.160. The van der Waals surface area contributed by atoms with Crippen molar-refractivity contribution in [2.45, 2.75) is 6.54 Å². The van der Waals surface area contributed by atoms with Gasteiger partial charge in [-0.25, -0.2) is 4.98 Å². The summed E-state index contributed by atoms with van der Waals surface area (Å²) < 4.78 is 6.42. The first kappa shape index (κ1) is 21.1. The average molecular weight is 494 g/mol. The molecule has 7 heteroatoms. The maximum absolute atomic E-state index is 13.1. The van der Waals surface area contributed by atoms with E-state index < -0.39 is 0 Å². The molecule has 0 bridgehead atoms. The lowest BCUT2D eigenvalue weighted by Gasteiger charge is -2.08. The number of rotatable bonds is 7. The van der Waals surface area contributed by atoms with Crippen molar-refractivity contribution < 1.29 is 9.53 Å². The van der Waals surface area contributed by atoms with Crippen molar-refractivity contribution in [2.24, 2.45) is 0 Å². The van der Waals surface area contributed by atoms with Crippen molar-refractivity contribution >= 4 is 44.0 Å². The summed E-state index contributed by atoms with van der Waals surface area (Å²) in [6.07, 6.45) is 0. The van der Waals surface area contributed by atoms with Gasteiger partial charge in [0.05, 0.1) is 18.5 Å². The molecule has 0 atom stereocenters. The summed E-state index contributed by atoms with van der Waals surface area (Å²) in [5.74, 6) is 0.549. The fourth-order valence-electron chi connectivity index (χ4n) is 3.05. The highest BCUT2D eigenvalue weighted by molar-refractivity contribution is 9.10. The number of nitrogens with zero attached hydrogens (tertiary/aromatic N) is 1. The molecule has 1 amide bonds. The highest BCUT2D eigenvalue weighted by Crippen LogP contribution is 2.35. The van der Waals surface area contributed by atoms with Crippen molar-refractivity contribution in [3.8, 4) is 17.0 Å². The lowest BCUT2D eigenvalue weighted by molar-refractivity contribution is 0.0955. The van der Waals surface area contributed by atoms with Crippen molar-refractivity contribution in [3.05, 3.63) is 93.8 Å². The molecule has 0 fully saturated rings. The summed E-state index contributed by atoms with van der Waals surface area (Å²) in [5, 5.41) is 6.92. The van der Waals surface area contributed by atoms with Crippen LogP contribution in [0.15, 0.2) is 83.3 Å². The average Bonchev–Trinajstić information content (AvgIpc) is 3.23. The van der Waals surface area contributed by atoms with Crippen LogP contribution in [-0.2, 0) is 6.54 Å². The van der Waals surface area contributed by atoms with Gasteiger partial charge in [0.1, 0.15) is 10.6 Å². The first-order chi connectivity index (χ1) is 15.1. The Kier molecular flexibility index (Phi) is 6.64. The van der Waals surface area contributed by atoms with Crippen molar-refractivity contribution in [1.29, 1.82) is 0 Å². The first-order valence-corrected chi connectivity index (χ1v) is 11.2. The summed E-state index contributed by atoms with van der Waals surface area (Å²) in [6.45, 7) is 0.438. The number of hydrogen-bond acceptors (Lipinski definition) is 5. The van der Waals surface area contributed by atoms with Crippen LogP contribution in [0.1, 0.15) is 15.2 Å². The molecule has 2 N–H and O–H groups in total. The molecule has 4 rings (SSSR count). The Labute approximate surface area is 193 Å². The Morgan fingerprint density at radius 3 is 2.45 bits per heavy atom. The Morgan fingerprint density at radius 1 is 1.00 bits per heavy atom. The van der Waals surface area contributed by atoms with Gasteiger partial charge in [-0.3, -0.25) is 4.79 Å². The van der Waals surface area contributed by atoms with Gasteiger partial charge in [-0.15, -0.1) is 0 Å². The van der Waals surface area contributed by atoms with Gasteiger partial charge in [-0.05, 0) is 29.8 Å². The van der Waals surface area contributed by atoms with E-state index >= 15 is 0 Å². The molecule has 0 saturated heterocycles. The van der Waals surface area contributed by atoms with Gasteiger partial charge in [0.2, 0.25) is 0 Å². The van der Waals surface area contributed by atoms with Crippen LogP contribution >= 0.6 is 27.3 Å². The number of nitrogens with one attached hydrogen (secondary N) is 2. The number of methoxy groups -OCH3 is 1. The van der Waals surface area contributed by atoms with Crippen molar-refractivity contribution in [1.82, 2.24) is 10.3 Å². The van der Waals surface area contributed by atoms with Crippen molar-refractivity contribution in [3.63, 3.8) is 0 Å². The molecule has 0 unspecified atom stereocenters. The van der Waals surface area contributed by atoms with E-state index in [2.05, 4.69) is 26.6 Å².